The van der Waals surface area contributed by atoms with Crippen LogP contribution in [0.2, 0.25) is 0 Å². The minimum absolute atomic E-state index is 0.0912. The molecule has 8 nitrogen and oxygen atoms in total. The molecular weight excluding hydrogens is 324 g/mol. The van der Waals surface area contributed by atoms with Gasteiger partial charge in [-0.3, -0.25) is 19.8 Å². The Morgan fingerprint density at radius 1 is 1.44 bits per heavy atom. The SMILES string of the molecule is CC(C)c1nc2c(c(=O)[nH]1)CCN(Cc1cccc([N+](=O)[O-])c1O)C2. The highest BCUT2D eigenvalue weighted by atomic mass is 16.6. The minimum Gasteiger partial charge on any atom is -0.502 e. The molecule has 25 heavy (non-hydrogen) atoms. The molecule has 1 aromatic carbocycles. The highest BCUT2D eigenvalue weighted by Crippen LogP contribution is 2.31. The van der Waals surface area contributed by atoms with Crippen molar-refractivity contribution in [3.05, 3.63) is 61.3 Å². The number of H-pyrrole nitrogens is 1. The van der Waals surface area contributed by atoms with E-state index >= 15 is 0 Å². The predicted molar refractivity (Wildman–Crippen MR) is 91.5 cm³/mol. The van der Waals surface area contributed by atoms with Crippen LogP contribution in [0.5, 0.6) is 5.75 Å². The molecule has 2 heterocycles. The van der Waals surface area contributed by atoms with Crippen LogP contribution in [-0.2, 0) is 19.5 Å². The van der Waals surface area contributed by atoms with E-state index in [9.17, 15) is 20.0 Å². The van der Waals surface area contributed by atoms with E-state index in [1.165, 1.54) is 6.07 Å². The number of aromatic nitrogens is 2. The van der Waals surface area contributed by atoms with E-state index in [2.05, 4.69) is 9.97 Å². The molecule has 0 fully saturated rings. The fourth-order valence-corrected chi connectivity index (χ4v) is 3.02. The summed E-state index contributed by atoms with van der Waals surface area (Å²) in [5, 5.41) is 21.1. The van der Waals surface area contributed by atoms with E-state index in [4.69, 9.17) is 0 Å². The summed E-state index contributed by atoms with van der Waals surface area (Å²) in [6.45, 7) is 5.39. The van der Waals surface area contributed by atoms with Crippen LogP contribution in [0.25, 0.3) is 0 Å². The van der Waals surface area contributed by atoms with Crippen molar-refractivity contribution >= 4 is 5.69 Å². The van der Waals surface area contributed by atoms with Gasteiger partial charge in [-0.2, -0.15) is 0 Å². The summed E-state index contributed by atoms with van der Waals surface area (Å²) in [6, 6.07) is 4.51. The maximum Gasteiger partial charge on any atom is 0.311 e. The number of phenolic OH excluding ortho intramolecular Hbond substituents is 1. The Balaban J connectivity index is 1.85. The van der Waals surface area contributed by atoms with E-state index in [-0.39, 0.29) is 22.9 Å². The topological polar surface area (TPSA) is 112 Å². The Morgan fingerprint density at radius 3 is 2.88 bits per heavy atom. The van der Waals surface area contributed by atoms with Gasteiger partial charge in [-0.25, -0.2) is 4.98 Å². The van der Waals surface area contributed by atoms with Crippen molar-refractivity contribution in [2.45, 2.75) is 39.3 Å². The van der Waals surface area contributed by atoms with Gasteiger partial charge in [0.2, 0.25) is 0 Å². The van der Waals surface area contributed by atoms with Crippen molar-refractivity contribution in [3.8, 4) is 5.75 Å². The van der Waals surface area contributed by atoms with Gasteiger partial charge in [0, 0.05) is 42.7 Å². The molecular formula is C17H20N4O4. The molecule has 3 rings (SSSR count). The molecule has 132 valence electrons. The van der Waals surface area contributed by atoms with E-state index in [1.54, 1.807) is 12.1 Å². The summed E-state index contributed by atoms with van der Waals surface area (Å²) in [5.41, 5.74) is 1.54. The van der Waals surface area contributed by atoms with Crippen LogP contribution in [0.3, 0.4) is 0 Å². The van der Waals surface area contributed by atoms with Gasteiger partial charge in [-0.05, 0) is 6.42 Å². The molecule has 0 bridgehead atoms. The largest absolute Gasteiger partial charge is 0.502 e. The van der Waals surface area contributed by atoms with Gasteiger partial charge in [-0.15, -0.1) is 0 Å². The molecule has 0 saturated carbocycles. The standard InChI is InChI=1S/C17H20N4O4/c1-10(2)16-18-13-9-20(7-6-12(13)17(23)19-16)8-11-4-3-5-14(15(11)22)21(24)25/h3-5,10,22H,6-9H2,1-2H3,(H,18,19,23). The number of nitrogens with one attached hydrogen (secondary N) is 1. The normalized spacial score (nSPS) is 14.5. The van der Waals surface area contributed by atoms with E-state index < -0.39 is 4.92 Å². The van der Waals surface area contributed by atoms with Gasteiger partial charge in [0.05, 0.1) is 10.6 Å². The number of nitrogens with zero attached hydrogens (tertiary/aromatic N) is 3. The van der Waals surface area contributed by atoms with E-state index in [0.717, 1.165) is 5.69 Å². The average molecular weight is 344 g/mol. The summed E-state index contributed by atoms with van der Waals surface area (Å²) in [6.07, 6.45) is 0.561. The van der Waals surface area contributed by atoms with Crippen LogP contribution >= 0.6 is 0 Å². The Hall–Kier alpha value is -2.74. The van der Waals surface area contributed by atoms with Gasteiger partial charge in [0.15, 0.2) is 5.75 Å². The number of para-hydroxylation sites is 1. The number of fused-ring (bicyclic) bond motifs is 1. The number of aromatic hydroxyl groups is 1. The maximum absolute atomic E-state index is 12.2. The summed E-state index contributed by atoms with van der Waals surface area (Å²) in [5.74, 6) is 0.470. The lowest BCUT2D eigenvalue weighted by Crippen LogP contribution is -2.35. The van der Waals surface area contributed by atoms with Gasteiger partial charge < -0.3 is 10.1 Å². The summed E-state index contributed by atoms with van der Waals surface area (Å²) in [4.78, 5) is 32.0. The summed E-state index contributed by atoms with van der Waals surface area (Å²) < 4.78 is 0. The van der Waals surface area contributed by atoms with Crippen LogP contribution in [0.4, 0.5) is 5.69 Å². The molecule has 0 aliphatic carbocycles. The summed E-state index contributed by atoms with van der Waals surface area (Å²) in [7, 11) is 0. The fraction of sp³-hybridized carbons (Fsp3) is 0.412. The lowest BCUT2D eigenvalue weighted by molar-refractivity contribution is -0.385. The van der Waals surface area contributed by atoms with Crippen LogP contribution in [0, 0.1) is 10.1 Å². The quantitative estimate of drug-likeness (QED) is 0.648. The third kappa shape index (κ3) is 3.39. The number of rotatable bonds is 4. The van der Waals surface area contributed by atoms with Gasteiger partial charge in [-0.1, -0.05) is 26.0 Å². The molecule has 0 saturated heterocycles. The molecule has 0 amide bonds. The van der Waals surface area contributed by atoms with Crippen molar-refractivity contribution < 1.29 is 10.0 Å². The maximum atomic E-state index is 12.2. The van der Waals surface area contributed by atoms with E-state index in [1.807, 2.05) is 18.7 Å². The lowest BCUT2D eigenvalue weighted by atomic mass is 10.0. The number of aromatic amines is 1. The third-order valence-electron chi connectivity index (χ3n) is 4.41. The second-order valence-corrected chi connectivity index (χ2v) is 6.53. The monoisotopic (exact) mass is 344 g/mol. The second kappa shape index (κ2) is 6.64. The molecule has 8 heteroatoms. The van der Waals surface area contributed by atoms with Crippen molar-refractivity contribution in [3.63, 3.8) is 0 Å². The summed E-state index contributed by atoms with van der Waals surface area (Å²) >= 11 is 0. The number of nitro groups is 1. The molecule has 2 aromatic rings. The first-order valence-electron chi connectivity index (χ1n) is 8.16. The van der Waals surface area contributed by atoms with Crippen molar-refractivity contribution in [2.75, 3.05) is 6.54 Å². The number of benzene rings is 1. The molecule has 0 atom stereocenters. The highest BCUT2D eigenvalue weighted by molar-refractivity contribution is 5.50. The van der Waals surface area contributed by atoms with Crippen molar-refractivity contribution in [2.24, 2.45) is 0 Å². The number of hydrogen-bond donors (Lipinski definition) is 2. The van der Waals surface area contributed by atoms with Crippen LogP contribution < -0.4 is 5.56 Å². The lowest BCUT2D eigenvalue weighted by Gasteiger charge is -2.28. The predicted octanol–water partition coefficient (Wildman–Crippen LogP) is 2.07. The van der Waals surface area contributed by atoms with Gasteiger partial charge in [0.1, 0.15) is 5.82 Å². The van der Waals surface area contributed by atoms with Gasteiger partial charge >= 0.3 is 5.69 Å². The molecule has 2 N–H and O–H groups in total. The third-order valence-corrected chi connectivity index (χ3v) is 4.41. The number of phenols is 1. The Bertz CT molecular complexity index is 875. The van der Waals surface area contributed by atoms with Crippen LogP contribution in [-0.4, -0.2) is 31.4 Å². The Kier molecular flexibility index (Phi) is 4.54. The Labute approximate surface area is 144 Å². The molecule has 0 spiro atoms. The number of nitro benzene ring substituents is 1. The minimum atomic E-state index is -0.597. The smallest absolute Gasteiger partial charge is 0.311 e. The molecule has 0 unspecified atom stereocenters. The first-order chi connectivity index (χ1) is 11.9. The van der Waals surface area contributed by atoms with Crippen molar-refractivity contribution in [1.29, 1.82) is 0 Å². The van der Waals surface area contributed by atoms with Gasteiger partial charge in [0.25, 0.3) is 5.56 Å². The zero-order chi connectivity index (χ0) is 18.1. The second-order valence-electron chi connectivity index (χ2n) is 6.53. The molecule has 0 radical (unpaired) electrons. The first kappa shape index (κ1) is 17.1. The first-order valence-corrected chi connectivity index (χ1v) is 8.16. The fourth-order valence-electron chi connectivity index (χ4n) is 3.02. The van der Waals surface area contributed by atoms with Crippen LogP contribution in [0.1, 0.15) is 42.4 Å². The molecule has 1 aromatic heterocycles. The highest BCUT2D eigenvalue weighted by Gasteiger charge is 2.24. The molecule has 1 aliphatic heterocycles. The average Bonchev–Trinajstić information content (AvgIpc) is 2.56. The zero-order valence-electron chi connectivity index (χ0n) is 14.2. The number of hydrogen-bond acceptors (Lipinski definition) is 6. The van der Waals surface area contributed by atoms with Crippen LogP contribution in [0.15, 0.2) is 23.0 Å². The van der Waals surface area contributed by atoms with Crippen molar-refractivity contribution in [1.82, 2.24) is 14.9 Å². The molecule has 1 aliphatic rings. The zero-order valence-corrected chi connectivity index (χ0v) is 14.2. The van der Waals surface area contributed by atoms with E-state index in [0.29, 0.717) is 43.0 Å². The Morgan fingerprint density at radius 2 is 2.20 bits per heavy atom.